The minimum atomic E-state index is 0.193. The molecule has 0 saturated heterocycles. The molecule has 0 spiro atoms. The van der Waals surface area contributed by atoms with Crippen LogP contribution >= 0.6 is 58.0 Å². The van der Waals surface area contributed by atoms with Crippen molar-refractivity contribution in [3.63, 3.8) is 0 Å². The molecule has 9 heteroatoms. The van der Waals surface area contributed by atoms with Gasteiger partial charge in [0.25, 0.3) is 0 Å². The summed E-state index contributed by atoms with van der Waals surface area (Å²) in [5, 5.41) is 5.32. The predicted molar refractivity (Wildman–Crippen MR) is 112 cm³/mol. The number of halogens is 5. The summed E-state index contributed by atoms with van der Waals surface area (Å²) in [5.41, 5.74) is 7.69. The van der Waals surface area contributed by atoms with E-state index in [4.69, 9.17) is 63.7 Å². The average molecular weight is 451 g/mol. The zero-order valence-corrected chi connectivity index (χ0v) is 17.2. The van der Waals surface area contributed by atoms with E-state index in [1.54, 1.807) is 36.5 Å². The summed E-state index contributed by atoms with van der Waals surface area (Å²) in [6.45, 7) is 1.89. The van der Waals surface area contributed by atoms with Gasteiger partial charge in [-0.15, -0.1) is 0 Å². The maximum Gasteiger partial charge on any atom is 0.224 e. The molecule has 1 aromatic heterocycles. The quantitative estimate of drug-likeness (QED) is 0.324. The van der Waals surface area contributed by atoms with Gasteiger partial charge in [-0.3, -0.25) is 0 Å². The topological polar surface area (TPSA) is 63.8 Å². The van der Waals surface area contributed by atoms with Gasteiger partial charge in [-0.25, -0.2) is 9.97 Å². The first kappa shape index (κ1) is 20.9. The number of nitrogens with two attached hydrogens (primary N) is 1. The summed E-state index contributed by atoms with van der Waals surface area (Å²) in [6, 6.07) is 10.2. The highest BCUT2D eigenvalue weighted by Crippen LogP contribution is 2.27. The van der Waals surface area contributed by atoms with Crippen LogP contribution in [-0.2, 0) is 0 Å². The van der Waals surface area contributed by atoms with Crippen molar-refractivity contribution >= 4 is 75.2 Å². The van der Waals surface area contributed by atoms with E-state index in [1.807, 2.05) is 13.0 Å². The fourth-order valence-corrected chi connectivity index (χ4v) is 2.51. The zero-order valence-electron chi connectivity index (χ0n) is 13.4. The molecule has 0 amide bonds. The van der Waals surface area contributed by atoms with Gasteiger partial charge in [-0.1, -0.05) is 46.4 Å². The monoisotopic (exact) mass is 448 g/mol. The van der Waals surface area contributed by atoms with Crippen LogP contribution in [0.25, 0.3) is 0 Å². The number of rotatable bonds is 2. The Kier molecular flexibility index (Phi) is 7.62. The van der Waals surface area contributed by atoms with Crippen LogP contribution in [0.1, 0.15) is 5.56 Å². The van der Waals surface area contributed by atoms with Gasteiger partial charge >= 0.3 is 0 Å². The Morgan fingerprint density at radius 1 is 0.846 bits per heavy atom. The number of nitrogens with zero attached hydrogens (tertiary/aromatic N) is 2. The maximum absolute atomic E-state index is 5.92. The number of anilines is 3. The zero-order chi connectivity index (χ0) is 19.3. The molecule has 2 aromatic carbocycles. The first-order valence-corrected chi connectivity index (χ1v) is 9.07. The van der Waals surface area contributed by atoms with Crippen molar-refractivity contribution in [2.24, 2.45) is 0 Å². The summed E-state index contributed by atoms with van der Waals surface area (Å²) in [5.74, 6) is 0.642. The van der Waals surface area contributed by atoms with E-state index in [0.29, 0.717) is 31.6 Å². The Hall–Kier alpha value is -1.43. The van der Waals surface area contributed by atoms with E-state index in [1.165, 1.54) is 0 Å². The molecule has 3 aromatic rings. The Morgan fingerprint density at radius 2 is 1.46 bits per heavy atom. The fraction of sp³-hybridized carbons (Fsp3) is 0.0588. The fourth-order valence-electron chi connectivity index (χ4n) is 1.77. The van der Waals surface area contributed by atoms with Crippen molar-refractivity contribution in [2.75, 3.05) is 11.1 Å². The second-order valence-corrected chi connectivity index (χ2v) is 7.06. The van der Waals surface area contributed by atoms with Gasteiger partial charge in [0.1, 0.15) is 5.82 Å². The molecule has 3 N–H and O–H groups in total. The van der Waals surface area contributed by atoms with Crippen LogP contribution in [0.3, 0.4) is 0 Å². The Morgan fingerprint density at radius 3 is 2.04 bits per heavy atom. The van der Waals surface area contributed by atoms with Crippen LogP contribution in [0.4, 0.5) is 17.2 Å². The average Bonchev–Trinajstić information content (AvgIpc) is 2.59. The molecule has 0 saturated carbocycles. The van der Waals surface area contributed by atoms with Gasteiger partial charge in [-0.05, 0) is 54.9 Å². The second kappa shape index (κ2) is 9.49. The number of hydrogen-bond donors (Lipinski definition) is 2. The highest BCUT2D eigenvalue weighted by atomic mass is 35.5. The molecule has 136 valence electrons. The third-order valence-electron chi connectivity index (χ3n) is 3.07. The standard InChI is InChI=1S/C11H8Cl3N3.C6H5Cl2N/c1-6-5-15-11(14)17-10(6)16-7-2-3-8(12)9(13)4-7;7-5-2-1-4(9)3-6(5)8/h2-5H,1H3,(H,15,16,17);1-3H,9H2. The first-order chi connectivity index (χ1) is 12.3. The first-order valence-electron chi connectivity index (χ1n) is 7.18. The van der Waals surface area contributed by atoms with Gasteiger partial charge in [0.15, 0.2) is 0 Å². The Labute approximate surface area is 176 Å². The van der Waals surface area contributed by atoms with Crippen molar-refractivity contribution in [1.82, 2.24) is 9.97 Å². The van der Waals surface area contributed by atoms with E-state index < -0.39 is 0 Å². The van der Waals surface area contributed by atoms with Crippen molar-refractivity contribution in [3.8, 4) is 0 Å². The number of aryl methyl sites for hydroxylation is 1. The predicted octanol–water partition coefficient (Wildman–Crippen LogP) is 7.06. The second-order valence-electron chi connectivity index (χ2n) is 5.10. The summed E-state index contributed by atoms with van der Waals surface area (Å²) < 4.78 is 0. The maximum atomic E-state index is 5.92. The van der Waals surface area contributed by atoms with Crippen LogP contribution in [0.15, 0.2) is 42.6 Å². The van der Waals surface area contributed by atoms with E-state index in [-0.39, 0.29) is 5.28 Å². The number of hydrogen-bond acceptors (Lipinski definition) is 4. The van der Waals surface area contributed by atoms with Crippen molar-refractivity contribution in [2.45, 2.75) is 6.92 Å². The summed E-state index contributed by atoms with van der Waals surface area (Å²) >= 11 is 28.7. The normalized spacial score (nSPS) is 10.1. The van der Waals surface area contributed by atoms with Crippen molar-refractivity contribution in [1.29, 1.82) is 0 Å². The molecule has 3 rings (SSSR count). The largest absolute Gasteiger partial charge is 0.399 e. The molecular weight excluding hydrogens is 437 g/mol. The molecule has 1 heterocycles. The Balaban J connectivity index is 0.000000228. The number of benzene rings is 2. The molecule has 0 aliphatic rings. The van der Waals surface area contributed by atoms with Gasteiger partial charge in [0.05, 0.1) is 20.1 Å². The molecular formula is C17H13Cl5N4. The third kappa shape index (κ3) is 6.08. The lowest BCUT2D eigenvalue weighted by Gasteiger charge is -2.08. The molecule has 0 aliphatic carbocycles. The number of nitrogen functional groups attached to an aromatic ring is 1. The highest BCUT2D eigenvalue weighted by Gasteiger charge is 2.04. The molecule has 0 aliphatic heterocycles. The minimum absolute atomic E-state index is 0.193. The van der Waals surface area contributed by atoms with Crippen LogP contribution in [0, 0.1) is 6.92 Å². The molecule has 0 fully saturated rings. The van der Waals surface area contributed by atoms with E-state index in [9.17, 15) is 0 Å². The van der Waals surface area contributed by atoms with E-state index >= 15 is 0 Å². The Bertz CT molecular complexity index is 918. The van der Waals surface area contributed by atoms with Gasteiger partial charge in [-0.2, -0.15) is 0 Å². The van der Waals surface area contributed by atoms with Crippen molar-refractivity contribution in [3.05, 3.63) is 73.5 Å². The summed E-state index contributed by atoms with van der Waals surface area (Å²) in [7, 11) is 0. The molecule has 0 atom stereocenters. The summed E-state index contributed by atoms with van der Waals surface area (Å²) in [4.78, 5) is 7.97. The van der Waals surface area contributed by atoms with Crippen LogP contribution < -0.4 is 11.1 Å². The molecule has 4 nitrogen and oxygen atoms in total. The lowest BCUT2D eigenvalue weighted by atomic mass is 10.3. The van der Waals surface area contributed by atoms with Gasteiger partial charge in [0, 0.05) is 23.1 Å². The van der Waals surface area contributed by atoms with Crippen LogP contribution in [-0.4, -0.2) is 9.97 Å². The molecule has 26 heavy (non-hydrogen) atoms. The molecule has 0 unspecified atom stereocenters. The minimum Gasteiger partial charge on any atom is -0.399 e. The van der Waals surface area contributed by atoms with E-state index in [0.717, 1.165) is 11.3 Å². The number of nitrogens with one attached hydrogen (secondary N) is 1. The smallest absolute Gasteiger partial charge is 0.224 e. The van der Waals surface area contributed by atoms with Crippen molar-refractivity contribution < 1.29 is 0 Å². The molecule has 0 bridgehead atoms. The third-order valence-corrected chi connectivity index (χ3v) is 4.73. The van der Waals surface area contributed by atoms with Gasteiger partial charge in [0.2, 0.25) is 5.28 Å². The number of aromatic nitrogens is 2. The van der Waals surface area contributed by atoms with Gasteiger partial charge < -0.3 is 11.1 Å². The lowest BCUT2D eigenvalue weighted by molar-refractivity contribution is 1.13. The SMILES string of the molecule is Cc1cnc(Cl)nc1Nc1ccc(Cl)c(Cl)c1.Nc1ccc(Cl)c(Cl)c1. The molecule has 0 radical (unpaired) electrons. The highest BCUT2D eigenvalue weighted by molar-refractivity contribution is 6.42. The van der Waals surface area contributed by atoms with Crippen LogP contribution in [0.2, 0.25) is 25.4 Å². The summed E-state index contributed by atoms with van der Waals surface area (Å²) in [6.07, 6.45) is 1.65. The lowest BCUT2D eigenvalue weighted by Crippen LogP contribution is -1.98. The van der Waals surface area contributed by atoms with E-state index in [2.05, 4.69) is 15.3 Å². The van der Waals surface area contributed by atoms with Crippen LogP contribution in [0.5, 0.6) is 0 Å².